The summed E-state index contributed by atoms with van der Waals surface area (Å²) < 4.78 is 11.2. The highest BCUT2D eigenvalue weighted by molar-refractivity contribution is 5.94. The topological polar surface area (TPSA) is 52.6 Å². The molecule has 0 aromatic heterocycles. The molecule has 0 aliphatic heterocycles. The first-order valence-corrected chi connectivity index (χ1v) is 8.96. The predicted octanol–water partition coefficient (Wildman–Crippen LogP) is 4.51. The largest absolute Gasteiger partial charge is 0.463 e. The van der Waals surface area contributed by atoms with Gasteiger partial charge in [-0.25, -0.2) is 9.59 Å². The van der Waals surface area contributed by atoms with Crippen LogP contribution in [0.5, 0.6) is 0 Å². The Balaban J connectivity index is 2.15. The van der Waals surface area contributed by atoms with E-state index in [9.17, 15) is 9.59 Å². The fraction of sp³-hybridized carbons (Fsp3) is 0.600. The van der Waals surface area contributed by atoms with Crippen LogP contribution in [-0.2, 0) is 14.3 Å². The van der Waals surface area contributed by atoms with Gasteiger partial charge in [0.2, 0.25) is 5.60 Å². The summed E-state index contributed by atoms with van der Waals surface area (Å²) in [5.74, 6) is -0.810. The summed E-state index contributed by atoms with van der Waals surface area (Å²) in [4.78, 5) is 25.3. The van der Waals surface area contributed by atoms with E-state index in [1.807, 2.05) is 32.9 Å². The van der Waals surface area contributed by atoms with E-state index in [1.165, 1.54) is 0 Å². The van der Waals surface area contributed by atoms with Gasteiger partial charge in [0, 0.05) is 0 Å². The number of hydrogen-bond acceptors (Lipinski definition) is 4. The van der Waals surface area contributed by atoms with E-state index in [4.69, 9.17) is 9.47 Å². The van der Waals surface area contributed by atoms with Crippen LogP contribution in [0.3, 0.4) is 0 Å². The minimum Gasteiger partial charge on any atom is -0.463 e. The summed E-state index contributed by atoms with van der Waals surface area (Å²) in [5.41, 5.74) is 1.37. The lowest BCUT2D eigenvalue weighted by Gasteiger charge is -2.34. The van der Waals surface area contributed by atoms with E-state index in [0.717, 1.165) is 43.2 Å². The second kappa shape index (κ2) is 8.32. The van der Waals surface area contributed by atoms with Crippen molar-refractivity contribution in [1.29, 1.82) is 0 Å². The fourth-order valence-corrected chi connectivity index (χ4v) is 3.19. The van der Waals surface area contributed by atoms with Gasteiger partial charge in [0.15, 0.2) is 0 Å². The van der Waals surface area contributed by atoms with E-state index >= 15 is 0 Å². The molecule has 0 N–H and O–H groups in total. The molecule has 0 unspecified atom stereocenters. The molecule has 1 aliphatic rings. The van der Waals surface area contributed by atoms with Gasteiger partial charge in [-0.05, 0) is 57.6 Å². The number of hydrogen-bond donors (Lipinski definition) is 0. The minimum absolute atomic E-state index is 0.381. The molecule has 0 radical (unpaired) electrons. The van der Waals surface area contributed by atoms with Gasteiger partial charge in [-0.3, -0.25) is 0 Å². The van der Waals surface area contributed by atoms with E-state index in [0.29, 0.717) is 25.0 Å². The van der Waals surface area contributed by atoms with Gasteiger partial charge in [-0.15, -0.1) is 0 Å². The van der Waals surface area contributed by atoms with E-state index in [2.05, 4.69) is 0 Å². The van der Waals surface area contributed by atoms with Crippen molar-refractivity contribution in [2.75, 3.05) is 6.61 Å². The lowest BCUT2D eigenvalue weighted by molar-refractivity contribution is -0.169. The van der Waals surface area contributed by atoms with Crippen LogP contribution in [0.25, 0.3) is 0 Å². The van der Waals surface area contributed by atoms with Crippen LogP contribution in [0.2, 0.25) is 0 Å². The highest BCUT2D eigenvalue weighted by Crippen LogP contribution is 2.34. The van der Waals surface area contributed by atoms with Crippen molar-refractivity contribution in [3.05, 3.63) is 34.9 Å². The van der Waals surface area contributed by atoms with Gasteiger partial charge >= 0.3 is 11.9 Å². The average Bonchev–Trinajstić information content (AvgIpc) is 2.55. The molecule has 0 spiro atoms. The second-order valence-corrected chi connectivity index (χ2v) is 6.75. The standard InChI is InChI=1S/C20H28O4/c1-4-5-13-23-19(22)20(11-7-6-8-12-20)24-18(21)17-10-9-15(2)14-16(17)3/h9-10,14H,4-8,11-13H2,1-3H3. The first-order chi connectivity index (χ1) is 11.5. The smallest absolute Gasteiger partial charge is 0.350 e. The zero-order valence-corrected chi connectivity index (χ0v) is 15.0. The monoisotopic (exact) mass is 332 g/mol. The van der Waals surface area contributed by atoms with Gasteiger partial charge in [-0.2, -0.15) is 0 Å². The Morgan fingerprint density at radius 1 is 1.12 bits per heavy atom. The molecule has 132 valence electrons. The Labute approximate surface area is 144 Å². The van der Waals surface area contributed by atoms with Crippen LogP contribution in [0.15, 0.2) is 18.2 Å². The summed E-state index contributed by atoms with van der Waals surface area (Å²) in [6, 6.07) is 5.60. The lowest BCUT2D eigenvalue weighted by Crippen LogP contribution is -2.46. The van der Waals surface area contributed by atoms with Crippen LogP contribution < -0.4 is 0 Å². The number of ether oxygens (including phenoxy) is 2. The summed E-state index contributed by atoms with van der Waals surface area (Å²) >= 11 is 0. The van der Waals surface area contributed by atoms with Crippen molar-refractivity contribution in [3.8, 4) is 0 Å². The van der Waals surface area contributed by atoms with Crippen molar-refractivity contribution in [3.63, 3.8) is 0 Å². The predicted molar refractivity (Wildman–Crippen MR) is 93.0 cm³/mol. The normalized spacial score (nSPS) is 16.5. The zero-order chi connectivity index (χ0) is 17.6. The summed E-state index contributed by atoms with van der Waals surface area (Å²) in [6.07, 6.45) is 5.70. The molecule has 1 fully saturated rings. The SMILES string of the molecule is CCCCOC(=O)C1(OC(=O)c2ccc(C)cc2C)CCCCC1. The molecule has 1 aromatic carbocycles. The first kappa shape index (κ1) is 18.5. The molecule has 0 saturated heterocycles. The van der Waals surface area contributed by atoms with Crippen molar-refractivity contribution in [1.82, 2.24) is 0 Å². The third kappa shape index (κ3) is 4.37. The Morgan fingerprint density at radius 2 is 1.83 bits per heavy atom. The number of unbranched alkanes of at least 4 members (excludes halogenated alkanes) is 1. The molecule has 4 heteroatoms. The molecule has 0 atom stereocenters. The maximum atomic E-state index is 12.7. The Morgan fingerprint density at radius 3 is 2.46 bits per heavy atom. The Kier molecular flexibility index (Phi) is 6.41. The van der Waals surface area contributed by atoms with Crippen molar-refractivity contribution < 1.29 is 19.1 Å². The molecule has 24 heavy (non-hydrogen) atoms. The van der Waals surface area contributed by atoms with E-state index in [1.54, 1.807) is 6.07 Å². The fourth-order valence-electron chi connectivity index (χ4n) is 3.19. The highest BCUT2D eigenvalue weighted by atomic mass is 16.6. The van der Waals surface area contributed by atoms with Gasteiger partial charge in [-0.1, -0.05) is 37.5 Å². The third-order valence-electron chi connectivity index (χ3n) is 4.65. The summed E-state index contributed by atoms with van der Waals surface area (Å²) in [6.45, 7) is 6.30. The number of carbonyl (C=O) groups excluding carboxylic acids is 2. The van der Waals surface area contributed by atoms with Gasteiger partial charge in [0.1, 0.15) is 0 Å². The van der Waals surface area contributed by atoms with Crippen LogP contribution in [0.1, 0.15) is 73.4 Å². The quantitative estimate of drug-likeness (QED) is 0.568. The van der Waals surface area contributed by atoms with Crippen molar-refractivity contribution in [2.24, 2.45) is 0 Å². The molecular weight excluding hydrogens is 304 g/mol. The van der Waals surface area contributed by atoms with Crippen LogP contribution in [0, 0.1) is 13.8 Å². The average molecular weight is 332 g/mol. The number of aryl methyl sites for hydroxylation is 2. The molecule has 0 amide bonds. The number of carbonyl (C=O) groups is 2. The summed E-state index contributed by atoms with van der Waals surface area (Å²) in [7, 11) is 0. The first-order valence-electron chi connectivity index (χ1n) is 8.96. The van der Waals surface area contributed by atoms with Gasteiger partial charge in [0.05, 0.1) is 12.2 Å². The number of benzene rings is 1. The molecular formula is C20H28O4. The summed E-state index contributed by atoms with van der Waals surface area (Å²) in [5, 5.41) is 0. The Bertz CT molecular complexity index is 585. The van der Waals surface area contributed by atoms with Crippen LogP contribution in [-0.4, -0.2) is 24.1 Å². The minimum atomic E-state index is -1.11. The van der Waals surface area contributed by atoms with Crippen LogP contribution in [0.4, 0.5) is 0 Å². The van der Waals surface area contributed by atoms with E-state index in [-0.39, 0.29) is 5.97 Å². The molecule has 2 rings (SSSR count). The molecule has 1 aromatic rings. The van der Waals surface area contributed by atoms with Crippen LogP contribution >= 0.6 is 0 Å². The van der Waals surface area contributed by atoms with Gasteiger partial charge < -0.3 is 9.47 Å². The van der Waals surface area contributed by atoms with Crippen molar-refractivity contribution >= 4 is 11.9 Å². The zero-order valence-electron chi connectivity index (χ0n) is 15.0. The second-order valence-electron chi connectivity index (χ2n) is 6.75. The lowest BCUT2D eigenvalue weighted by atomic mass is 9.84. The van der Waals surface area contributed by atoms with Crippen molar-refractivity contribution in [2.45, 2.75) is 71.3 Å². The van der Waals surface area contributed by atoms with Gasteiger partial charge in [0.25, 0.3) is 0 Å². The molecule has 1 aliphatic carbocycles. The Hall–Kier alpha value is -1.84. The highest BCUT2D eigenvalue weighted by Gasteiger charge is 2.45. The maximum Gasteiger partial charge on any atom is 0.350 e. The molecule has 4 nitrogen and oxygen atoms in total. The molecule has 0 bridgehead atoms. The third-order valence-corrected chi connectivity index (χ3v) is 4.65. The number of esters is 2. The molecule has 1 saturated carbocycles. The number of rotatable bonds is 6. The maximum absolute atomic E-state index is 12.7. The molecule has 0 heterocycles. The van der Waals surface area contributed by atoms with E-state index < -0.39 is 11.6 Å².